The third-order valence-corrected chi connectivity index (χ3v) is 5.12. The summed E-state index contributed by atoms with van der Waals surface area (Å²) in [6.45, 7) is 5.76. The Labute approximate surface area is 147 Å². The maximum absolute atomic E-state index is 12.9. The molecule has 5 nitrogen and oxygen atoms in total. The highest BCUT2D eigenvalue weighted by atomic mass is 16.4. The van der Waals surface area contributed by atoms with Crippen LogP contribution in [-0.4, -0.2) is 39.5 Å². The predicted molar refractivity (Wildman–Crippen MR) is 95.7 cm³/mol. The van der Waals surface area contributed by atoms with Crippen molar-refractivity contribution in [3.63, 3.8) is 0 Å². The lowest BCUT2D eigenvalue weighted by atomic mass is 9.96. The molecule has 0 spiro atoms. The van der Waals surface area contributed by atoms with Crippen molar-refractivity contribution in [1.82, 2.24) is 9.47 Å². The van der Waals surface area contributed by atoms with E-state index in [9.17, 15) is 9.59 Å². The van der Waals surface area contributed by atoms with E-state index in [0.29, 0.717) is 25.9 Å². The molecule has 3 rings (SSSR count). The van der Waals surface area contributed by atoms with Crippen LogP contribution in [0.2, 0.25) is 0 Å². The highest BCUT2D eigenvalue weighted by Gasteiger charge is 2.29. The third kappa shape index (κ3) is 3.60. The largest absolute Gasteiger partial charge is 0.481 e. The third-order valence-electron chi connectivity index (χ3n) is 5.12. The van der Waals surface area contributed by atoms with E-state index < -0.39 is 5.97 Å². The lowest BCUT2D eigenvalue weighted by Crippen LogP contribution is -2.40. The summed E-state index contributed by atoms with van der Waals surface area (Å²) in [4.78, 5) is 25.7. The topological polar surface area (TPSA) is 62.5 Å². The number of carboxylic acid groups (broad SMARTS) is 1. The molecule has 1 aliphatic rings. The van der Waals surface area contributed by atoms with Gasteiger partial charge in [-0.2, -0.15) is 0 Å². The van der Waals surface area contributed by atoms with Crippen LogP contribution in [0.5, 0.6) is 0 Å². The van der Waals surface area contributed by atoms with Crippen molar-refractivity contribution < 1.29 is 14.7 Å². The van der Waals surface area contributed by atoms with Gasteiger partial charge in [0.05, 0.1) is 11.5 Å². The standard InChI is InChI=1S/C20H24N2O3/c1-14-12-18(15(2)22(14)13-16-6-4-3-5-7-16)19(23)21-10-8-17(9-11-21)20(24)25/h3-7,12,17H,8-11,13H2,1-2H3,(H,24,25). The number of hydrogen-bond acceptors (Lipinski definition) is 2. The summed E-state index contributed by atoms with van der Waals surface area (Å²) in [5, 5.41) is 9.10. The van der Waals surface area contributed by atoms with Gasteiger partial charge in [-0.05, 0) is 38.3 Å². The molecule has 1 aromatic heterocycles. The fraction of sp³-hybridized carbons (Fsp3) is 0.400. The summed E-state index contributed by atoms with van der Waals surface area (Å²) in [6.07, 6.45) is 1.06. The molecule has 132 valence electrons. The summed E-state index contributed by atoms with van der Waals surface area (Å²) in [7, 11) is 0. The summed E-state index contributed by atoms with van der Waals surface area (Å²) in [6, 6.07) is 12.1. The van der Waals surface area contributed by atoms with Crippen molar-refractivity contribution in [1.29, 1.82) is 0 Å². The fourth-order valence-corrected chi connectivity index (χ4v) is 3.53. The molecule has 0 radical (unpaired) electrons. The Balaban J connectivity index is 1.76. The number of hydrogen-bond donors (Lipinski definition) is 1. The minimum Gasteiger partial charge on any atom is -0.481 e. The molecule has 25 heavy (non-hydrogen) atoms. The SMILES string of the molecule is Cc1cc(C(=O)N2CCC(C(=O)O)CC2)c(C)n1Cc1ccccc1. The van der Waals surface area contributed by atoms with E-state index in [1.54, 1.807) is 4.90 Å². The van der Waals surface area contributed by atoms with Gasteiger partial charge in [-0.15, -0.1) is 0 Å². The lowest BCUT2D eigenvalue weighted by Gasteiger charge is -2.30. The number of piperidine rings is 1. The second kappa shape index (κ2) is 7.13. The number of benzene rings is 1. The van der Waals surface area contributed by atoms with E-state index in [0.717, 1.165) is 23.5 Å². The van der Waals surface area contributed by atoms with Crippen molar-refractivity contribution in [2.24, 2.45) is 5.92 Å². The normalized spacial score (nSPS) is 15.4. The van der Waals surface area contributed by atoms with Crippen LogP contribution in [0.15, 0.2) is 36.4 Å². The molecule has 1 N–H and O–H groups in total. The monoisotopic (exact) mass is 340 g/mol. The molecule has 1 aliphatic heterocycles. The van der Waals surface area contributed by atoms with Crippen molar-refractivity contribution in [3.8, 4) is 0 Å². The smallest absolute Gasteiger partial charge is 0.306 e. The molecule has 0 saturated carbocycles. The molecule has 2 heterocycles. The van der Waals surface area contributed by atoms with Crippen LogP contribution in [0.4, 0.5) is 0 Å². The highest BCUT2D eigenvalue weighted by molar-refractivity contribution is 5.96. The molecule has 5 heteroatoms. The Morgan fingerprint density at radius 3 is 2.36 bits per heavy atom. The van der Waals surface area contributed by atoms with Gasteiger partial charge in [-0.25, -0.2) is 0 Å². The molecule has 0 bridgehead atoms. The van der Waals surface area contributed by atoms with Crippen LogP contribution in [0, 0.1) is 19.8 Å². The van der Waals surface area contributed by atoms with E-state index in [1.165, 1.54) is 5.56 Å². The van der Waals surface area contributed by atoms with Crippen LogP contribution in [0.1, 0.15) is 40.2 Å². The van der Waals surface area contributed by atoms with E-state index in [4.69, 9.17) is 5.11 Å². The second-order valence-corrected chi connectivity index (χ2v) is 6.76. The number of aliphatic carboxylic acids is 1. The van der Waals surface area contributed by atoms with Gasteiger partial charge in [0, 0.05) is 31.0 Å². The molecule has 0 aliphatic carbocycles. The minimum atomic E-state index is -0.756. The first-order valence-corrected chi connectivity index (χ1v) is 8.70. The molecular weight excluding hydrogens is 316 g/mol. The molecule has 1 saturated heterocycles. The summed E-state index contributed by atoms with van der Waals surface area (Å²) in [5.74, 6) is -1.07. The van der Waals surface area contributed by atoms with Crippen molar-refractivity contribution in [3.05, 3.63) is 58.9 Å². The van der Waals surface area contributed by atoms with Crippen LogP contribution >= 0.6 is 0 Å². The van der Waals surface area contributed by atoms with Crippen molar-refractivity contribution >= 4 is 11.9 Å². The lowest BCUT2D eigenvalue weighted by molar-refractivity contribution is -0.143. The average molecular weight is 340 g/mol. The first kappa shape index (κ1) is 17.3. The van der Waals surface area contributed by atoms with E-state index in [2.05, 4.69) is 16.7 Å². The van der Waals surface area contributed by atoms with E-state index in [-0.39, 0.29) is 11.8 Å². The summed E-state index contributed by atoms with van der Waals surface area (Å²) >= 11 is 0. The fourth-order valence-electron chi connectivity index (χ4n) is 3.53. The number of aromatic nitrogens is 1. The zero-order valence-corrected chi connectivity index (χ0v) is 14.7. The minimum absolute atomic E-state index is 0.0104. The van der Waals surface area contributed by atoms with Gasteiger partial charge in [-0.3, -0.25) is 9.59 Å². The van der Waals surface area contributed by atoms with E-state index in [1.807, 2.05) is 38.1 Å². The maximum Gasteiger partial charge on any atom is 0.306 e. The van der Waals surface area contributed by atoms with Crippen LogP contribution in [-0.2, 0) is 11.3 Å². The molecule has 1 amide bonds. The van der Waals surface area contributed by atoms with Gasteiger partial charge < -0.3 is 14.6 Å². The second-order valence-electron chi connectivity index (χ2n) is 6.76. The van der Waals surface area contributed by atoms with Gasteiger partial charge in [0.2, 0.25) is 0 Å². The number of aryl methyl sites for hydroxylation is 1. The Kier molecular flexibility index (Phi) is 4.93. The number of carboxylic acids is 1. The van der Waals surface area contributed by atoms with Crippen LogP contribution in [0.25, 0.3) is 0 Å². The molecule has 0 atom stereocenters. The summed E-state index contributed by atoms with van der Waals surface area (Å²) in [5.41, 5.74) is 3.95. The zero-order chi connectivity index (χ0) is 18.0. The highest BCUT2D eigenvalue weighted by Crippen LogP contribution is 2.23. The number of amides is 1. The Bertz CT molecular complexity index is 772. The van der Waals surface area contributed by atoms with Crippen molar-refractivity contribution in [2.75, 3.05) is 13.1 Å². The molecule has 2 aromatic rings. The number of carbonyl (C=O) groups is 2. The van der Waals surface area contributed by atoms with Crippen LogP contribution < -0.4 is 0 Å². The molecule has 1 fully saturated rings. The van der Waals surface area contributed by atoms with Gasteiger partial charge in [0.1, 0.15) is 0 Å². The first-order chi connectivity index (χ1) is 12.0. The first-order valence-electron chi connectivity index (χ1n) is 8.70. The zero-order valence-electron chi connectivity index (χ0n) is 14.7. The molecule has 1 aromatic carbocycles. The quantitative estimate of drug-likeness (QED) is 0.930. The number of rotatable bonds is 4. The summed E-state index contributed by atoms with van der Waals surface area (Å²) < 4.78 is 2.16. The van der Waals surface area contributed by atoms with Crippen molar-refractivity contribution in [2.45, 2.75) is 33.2 Å². The van der Waals surface area contributed by atoms with Gasteiger partial charge in [0.25, 0.3) is 5.91 Å². The number of likely N-dealkylation sites (tertiary alicyclic amines) is 1. The van der Waals surface area contributed by atoms with Gasteiger partial charge >= 0.3 is 5.97 Å². The molecular formula is C20H24N2O3. The van der Waals surface area contributed by atoms with E-state index >= 15 is 0 Å². The van der Waals surface area contributed by atoms with Gasteiger partial charge in [-0.1, -0.05) is 30.3 Å². The number of carbonyl (C=O) groups excluding carboxylic acids is 1. The Morgan fingerprint density at radius 1 is 1.12 bits per heavy atom. The number of nitrogens with zero attached hydrogens (tertiary/aromatic N) is 2. The Morgan fingerprint density at radius 2 is 1.76 bits per heavy atom. The average Bonchev–Trinajstić information content (AvgIpc) is 2.90. The molecule has 0 unspecified atom stereocenters. The maximum atomic E-state index is 12.9. The van der Waals surface area contributed by atoms with Gasteiger partial charge in [0.15, 0.2) is 0 Å². The predicted octanol–water partition coefficient (Wildman–Crippen LogP) is 3.09. The van der Waals surface area contributed by atoms with Crippen LogP contribution in [0.3, 0.4) is 0 Å². The Hall–Kier alpha value is -2.56.